The van der Waals surface area contributed by atoms with E-state index in [1.54, 1.807) is 7.11 Å². The lowest BCUT2D eigenvalue weighted by molar-refractivity contribution is 0.0843. The van der Waals surface area contributed by atoms with Gasteiger partial charge in [0.05, 0.1) is 25.0 Å². The van der Waals surface area contributed by atoms with Gasteiger partial charge in [0.2, 0.25) is 0 Å². The molecule has 1 fully saturated rings. The average Bonchev–Trinajstić information content (AvgIpc) is 3.16. The van der Waals surface area contributed by atoms with E-state index in [4.69, 9.17) is 15.9 Å². The summed E-state index contributed by atoms with van der Waals surface area (Å²) in [5, 5.41) is 0. The Morgan fingerprint density at radius 1 is 1.28 bits per heavy atom. The zero-order chi connectivity index (χ0) is 17.6. The maximum Gasteiger partial charge on any atom is 0.141 e. The fourth-order valence-electron chi connectivity index (χ4n) is 4.74. The van der Waals surface area contributed by atoms with Crippen LogP contribution < -0.4 is 9.64 Å². The number of ether oxygens (including phenoxy) is 2. The number of methoxy groups -OCH3 is 1. The third kappa shape index (κ3) is 2.11. The van der Waals surface area contributed by atoms with Crippen molar-refractivity contribution in [1.29, 1.82) is 0 Å². The summed E-state index contributed by atoms with van der Waals surface area (Å²) in [5.41, 5.74) is 4.78. The number of likely N-dealkylation sites (N-methyl/N-ethyl adjacent to an activating group) is 1. The summed E-state index contributed by atoms with van der Waals surface area (Å²) in [6, 6.07) is 14.6. The first-order chi connectivity index (χ1) is 12.1. The summed E-state index contributed by atoms with van der Waals surface area (Å²) in [6.07, 6.45) is 7.00. The van der Waals surface area contributed by atoms with Gasteiger partial charge in [-0.2, -0.15) is 0 Å². The maximum atomic E-state index is 6.18. The van der Waals surface area contributed by atoms with Crippen LogP contribution in [-0.4, -0.2) is 27.0 Å². The minimum absolute atomic E-state index is 0.0215. The number of benzene rings is 2. The fraction of sp³-hybridized carbons (Fsp3) is 0.364. The van der Waals surface area contributed by atoms with Crippen LogP contribution in [0.3, 0.4) is 0 Å². The number of rotatable bonds is 3. The van der Waals surface area contributed by atoms with Crippen molar-refractivity contribution in [3.8, 4) is 18.1 Å². The number of fused-ring (bicyclic) bond motifs is 3. The minimum Gasteiger partial charge on any atom is -0.497 e. The lowest BCUT2D eigenvalue weighted by atomic mass is 9.67. The maximum absolute atomic E-state index is 6.18. The fourth-order valence-corrected chi connectivity index (χ4v) is 4.74. The van der Waals surface area contributed by atoms with Crippen molar-refractivity contribution in [3.63, 3.8) is 0 Å². The van der Waals surface area contributed by atoms with Crippen LogP contribution in [0, 0.1) is 19.3 Å². The zero-order valence-electron chi connectivity index (χ0n) is 15.0. The van der Waals surface area contributed by atoms with E-state index in [1.165, 1.54) is 16.8 Å². The number of hydrogen-bond acceptors (Lipinski definition) is 3. The van der Waals surface area contributed by atoms with Crippen molar-refractivity contribution < 1.29 is 9.47 Å². The molecule has 25 heavy (non-hydrogen) atoms. The smallest absolute Gasteiger partial charge is 0.141 e. The molecule has 128 valence electrons. The van der Waals surface area contributed by atoms with E-state index in [2.05, 4.69) is 55.1 Å². The van der Waals surface area contributed by atoms with Crippen molar-refractivity contribution in [3.05, 3.63) is 59.2 Å². The third-order valence-electron chi connectivity index (χ3n) is 5.81. The number of anilines is 1. The molecule has 2 aliphatic heterocycles. The Balaban J connectivity index is 1.89. The molecule has 0 radical (unpaired) electrons. The molecular formula is C22H23NO2. The Labute approximate surface area is 149 Å². The first-order valence-corrected chi connectivity index (χ1v) is 8.68. The lowest BCUT2D eigenvalue weighted by Crippen LogP contribution is -2.43. The van der Waals surface area contributed by atoms with Crippen molar-refractivity contribution in [2.45, 2.75) is 30.9 Å². The van der Waals surface area contributed by atoms with Gasteiger partial charge in [-0.1, -0.05) is 36.3 Å². The van der Waals surface area contributed by atoms with Crippen molar-refractivity contribution >= 4 is 5.69 Å². The predicted octanol–water partition coefficient (Wildman–Crippen LogP) is 3.85. The molecule has 3 heteroatoms. The molecule has 2 aromatic rings. The van der Waals surface area contributed by atoms with E-state index in [1.807, 2.05) is 12.1 Å². The lowest BCUT2D eigenvalue weighted by Gasteiger charge is -2.35. The summed E-state index contributed by atoms with van der Waals surface area (Å²) < 4.78 is 11.5. The second-order valence-corrected chi connectivity index (χ2v) is 6.97. The molecule has 3 unspecified atom stereocenters. The summed E-state index contributed by atoms with van der Waals surface area (Å²) >= 11 is 0. The second-order valence-electron chi connectivity index (χ2n) is 6.97. The van der Waals surface area contributed by atoms with E-state index in [0.717, 1.165) is 24.3 Å². The molecule has 1 saturated heterocycles. The van der Waals surface area contributed by atoms with Crippen LogP contribution in [0.5, 0.6) is 5.75 Å². The van der Waals surface area contributed by atoms with Crippen LogP contribution in [0.1, 0.15) is 29.0 Å². The van der Waals surface area contributed by atoms with Crippen LogP contribution in [0.2, 0.25) is 0 Å². The summed E-state index contributed by atoms with van der Waals surface area (Å²) in [5.74, 6) is 3.89. The van der Waals surface area contributed by atoms with Gasteiger partial charge in [0, 0.05) is 12.7 Å². The molecule has 3 atom stereocenters. The normalized spacial score (nSPS) is 25.2. The number of aryl methyl sites for hydroxylation is 1. The second kappa shape index (κ2) is 5.82. The SMILES string of the molecule is C#CC(c1ccc(OC)cc1)C12CCOC1N(C)c1c(C)cccc12. The van der Waals surface area contributed by atoms with Crippen LogP contribution in [0.15, 0.2) is 42.5 Å². The molecule has 0 saturated carbocycles. The van der Waals surface area contributed by atoms with Gasteiger partial charge in [-0.25, -0.2) is 0 Å². The van der Waals surface area contributed by atoms with Crippen molar-refractivity contribution in [2.24, 2.45) is 0 Å². The Kier molecular flexibility index (Phi) is 3.74. The molecule has 2 heterocycles. The number of para-hydroxylation sites is 1. The monoisotopic (exact) mass is 333 g/mol. The highest BCUT2D eigenvalue weighted by Gasteiger charge is 2.58. The summed E-state index contributed by atoms with van der Waals surface area (Å²) in [7, 11) is 3.79. The van der Waals surface area contributed by atoms with Crippen LogP contribution in [0.25, 0.3) is 0 Å². The van der Waals surface area contributed by atoms with E-state index in [9.17, 15) is 0 Å². The Bertz CT molecular complexity index is 836. The van der Waals surface area contributed by atoms with E-state index < -0.39 is 0 Å². The molecular weight excluding hydrogens is 310 g/mol. The highest BCUT2D eigenvalue weighted by atomic mass is 16.5. The molecule has 0 bridgehead atoms. The van der Waals surface area contributed by atoms with Gasteiger partial charge >= 0.3 is 0 Å². The molecule has 0 spiro atoms. The van der Waals surface area contributed by atoms with E-state index >= 15 is 0 Å². The number of hydrogen-bond donors (Lipinski definition) is 0. The first-order valence-electron chi connectivity index (χ1n) is 8.68. The molecule has 0 amide bonds. The van der Waals surface area contributed by atoms with Crippen molar-refractivity contribution in [1.82, 2.24) is 0 Å². The largest absolute Gasteiger partial charge is 0.497 e. The number of terminal acetylenes is 1. The highest BCUT2D eigenvalue weighted by molar-refractivity contribution is 5.69. The molecule has 4 rings (SSSR count). The molecule has 2 aliphatic rings. The van der Waals surface area contributed by atoms with Gasteiger partial charge in [0.25, 0.3) is 0 Å². The molecule has 3 nitrogen and oxygen atoms in total. The topological polar surface area (TPSA) is 21.7 Å². The number of nitrogens with zero attached hydrogens (tertiary/aromatic N) is 1. The van der Waals surface area contributed by atoms with Crippen LogP contribution >= 0.6 is 0 Å². The standard InChI is InChI=1S/C22H23NO2/c1-5-18(16-9-11-17(24-4)12-10-16)22-13-14-25-21(22)23(3)20-15(2)7-6-8-19(20)22/h1,6-12,18,21H,13-14H2,2-4H3. The molecule has 0 N–H and O–H groups in total. The van der Waals surface area contributed by atoms with Gasteiger partial charge in [-0.3, -0.25) is 0 Å². The van der Waals surface area contributed by atoms with Gasteiger partial charge in [0.1, 0.15) is 12.0 Å². The average molecular weight is 333 g/mol. The molecule has 2 aromatic carbocycles. The van der Waals surface area contributed by atoms with E-state index in [0.29, 0.717) is 0 Å². The van der Waals surface area contributed by atoms with Gasteiger partial charge < -0.3 is 14.4 Å². The van der Waals surface area contributed by atoms with Gasteiger partial charge in [-0.15, -0.1) is 6.42 Å². The summed E-state index contributed by atoms with van der Waals surface area (Å²) in [4.78, 5) is 2.27. The minimum atomic E-state index is -0.209. The van der Waals surface area contributed by atoms with Gasteiger partial charge in [-0.05, 0) is 42.2 Å². The Hall–Kier alpha value is -2.44. The van der Waals surface area contributed by atoms with E-state index in [-0.39, 0.29) is 17.6 Å². The quantitative estimate of drug-likeness (QED) is 0.796. The summed E-state index contributed by atoms with van der Waals surface area (Å²) in [6.45, 7) is 2.89. The van der Waals surface area contributed by atoms with Crippen molar-refractivity contribution in [2.75, 3.05) is 25.7 Å². The Morgan fingerprint density at radius 2 is 2.04 bits per heavy atom. The van der Waals surface area contributed by atoms with Crippen LogP contribution in [0.4, 0.5) is 5.69 Å². The van der Waals surface area contributed by atoms with Crippen LogP contribution in [-0.2, 0) is 10.2 Å². The first kappa shape index (κ1) is 16.1. The third-order valence-corrected chi connectivity index (χ3v) is 5.81. The zero-order valence-corrected chi connectivity index (χ0v) is 15.0. The molecule has 0 aliphatic carbocycles. The predicted molar refractivity (Wildman–Crippen MR) is 100 cm³/mol. The highest BCUT2D eigenvalue weighted by Crippen LogP contribution is 2.57. The van der Waals surface area contributed by atoms with Gasteiger partial charge in [0.15, 0.2) is 0 Å². The molecule has 0 aromatic heterocycles. The Morgan fingerprint density at radius 3 is 2.72 bits per heavy atom.